The molecule has 2 rings (SSSR count). The number of hydrogen-bond acceptors (Lipinski definition) is 1. The third-order valence-corrected chi connectivity index (χ3v) is 3.17. The second kappa shape index (κ2) is 6.31. The van der Waals surface area contributed by atoms with Crippen LogP contribution >= 0.6 is 12.2 Å². The maximum Gasteiger partial charge on any atom is 0.416 e. The lowest BCUT2D eigenvalue weighted by atomic mass is 10.2. The number of nitrogens with one attached hydrogen (secondary N) is 2. The van der Waals surface area contributed by atoms with Crippen LogP contribution in [0.25, 0.3) is 0 Å². The summed E-state index contributed by atoms with van der Waals surface area (Å²) in [7, 11) is 0. The lowest BCUT2D eigenvalue weighted by Crippen LogP contribution is -2.20. The summed E-state index contributed by atoms with van der Waals surface area (Å²) in [4.78, 5) is 0. The standard InChI is InChI=1S/C15H12F4N2S/c1-9-12(16)6-3-7-13(9)21-14(22)20-11-5-2-4-10(8-11)15(17,18)19/h2-8H,1H3,(H2,20,21,22). The fourth-order valence-electron chi connectivity index (χ4n) is 1.80. The van der Waals surface area contributed by atoms with Crippen LogP contribution in [0.4, 0.5) is 28.9 Å². The van der Waals surface area contributed by atoms with Crippen LogP contribution in [0.2, 0.25) is 0 Å². The minimum atomic E-state index is -4.42. The SMILES string of the molecule is Cc1c(F)cccc1NC(=S)Nc1cccc(C(F)(F)F)c1. The predicted octanol–water partition coefficient (Wildman–Crippen LogP) is 4.96. The number of halogens is 4. The van der Waals surface area contributed by atoms with Gasteiger partial charge < -0.3 is 10.6 Å². The predicted molar refractivity (Wildman–Crippen MR) is 82.4 cm³/mol. The first-order chi connectivity index (χ1) is 10.3. The molecule has 0 aliphatic heterocycles. The molecule has 0 saturated carbocycles. The number of thiocarbonyl (C=S) groups is 1. The van der Waals surface area contributed by atoms with E-state index in [2.05, 4.69) is 10.6 Å². The Morgan fingerprint density at radius 2 is 1.73 bits per heavy atom. The van der Waals surface area contributed by atoms with E-state index in [1.807, 2.05) is 0 Å². The smallest absolute Gasteiger partial charge is 0.332 e. The summed E-state index contributed by atoms with van der Waals surface area (Å²) in [6.07, 6.45) is -4.42. The molecule has 2 N–H and O–H groups in total. The molecule has 0 aliphatic carbocycles. The van der Waals surface area contributed by atoms with E-state index in [1.54, 1.807) is 13.0 Å². The van der Waals surface area contributed by atoms with Gasteiger partial charge in [-0.15, -0.1) is 0 Å². The van der Waals surface area contributed by atoms with Gasteiger partial charge in [0.1, 0.15) is 5.82 Å². The molecule has 0 aliphatic rings. The monoisotopic (exact) mass is 328 g/mol. The van der Waals surface area contributed by atoms with E-state index < -0.39 is 17.6 Å². The zero-order valence-electron chi connectivity index (χ0n) is 11.5. The van der Waals surface area contributed by atoms with Gasteiger partial charge in [-0.05, 0) is 49.5 Å². The van der Waals surface area contributed by atoms with Crippen molar-refractivity contribution >= 4 is 28.7 Å². The molecule has 2 nitrogen and oxygen atoms in total. The lowest BCUT2D eigenvalue weighted by molar-refractivity contribution is -0.137. The topological polar surface area (TPSA) is 24.1 Å². The quantitative estimate of drug-likeness (QED) is 0.602. The molecule has 0 amide bonds. The Morgan fingerprint density at radius 1 is 1.05 bits per heavy atom. The molecule has 0 saturated heterocycles. The zero-order chi connectivity index (χ0) is 16.3. The molecular weight excluding hydrogens is 316 g/mol. The minimum absolute atomic E-state index is 0.0769. The van der Waals surface area contributed by atoms with Crippen LogP contribution in [-0.2, 0) is 6.18 Å². The Labute approximate surface area is 130 Å². The van der Waals surface area contributed by atoms with Crippen molar-refractivity contribution < 1.29 is 17.6 Å². The van der Waals surface area contributed by atoms with Gasteiger partial charge in [-0.1, -0.05) is 12.1 Å². The maximum atomic E-state index is 13.4. The highest BCUT2D eigenvalue weighted by atomic mass is 32.1. The van der Waals surface area contributed by atoms with Crippen molar-refractivity contribution in [2.24, 2.45) is 0 Å². The molecule has 2 aromatic carbocycles. The highest BCUT2D eigenvalue weighted by molar-refractivity contribution is 7.80. The van der Waals surface area contributed by atoms with Gasteiger partial charge in [0.25, 0.3) is 0 Å². The van der Waals surface area contributed by atoms with E-state index >= 15 is 0 Å². The van der Waals surface area contributed by atoms with E-state index in [4.69, 9.17) is 12.2 Å². The van der Waals surface area contributed by atoms with E-state index in [0.29, 0.717) is 11.3 Å². The first-order valence-electron chi connectivity index (χ1n) is 6.28. The molecule has 0 aromatic heterocycles. The van der Waals surface area contributed by atoms with Crippen LogP contribution in [0.15, 0.2) is 42.5 Å². The molecule has 22 heavy (non-hydrogen) atoms. The summed E-state index contributed by atoms with van der Waals surface area (Å²) in [5, 5.41) is 5.48. The van der Waals surface area contributed by atoms with Crippen LogP contribution in [0.5, 0.6) is 0 Å². The molecule has 0 spiro atoms. The average molecular weight is 328 g/mol. The van der Waals surface area contributed by atoms with Crippen molar-refractivity contribution in [1.29, 1.82) is 0 Å². The molecule has 0 radical (unpaired) electrons. The van der Waals surface area contributed by atoms with Gasteiger partial charge in [-0.25, -0.2) is 4.39 Å². The fraction of sp³-hybridized carbons (Fsp3) is 0.133. The van der Waals surface area contributed by atoms with Gasteiger partial charge in [0.15, 0.2) is 5.11 Å². The second-order valence-electron chi connectivity index (χ2n) is 4.57. The Bertz CT molecular complexity index is 698. The number of hydrogen-bond donors (Lipinski definition) is 2. The van der Waals surface area contributed by atoms with Crippen LogP contribution in [0.1, 0.15) is 11.1 Å². The van der Waals surface area contributed by atoms with Crippen molar-refractivity contribution in [2.45, 2.75) is 13.1 Å². The third-order valence-electron chi connectivity index (χ3n) is 2.96. The van der Waals surface area contributed by atoms with Crippen LogP contribution in [0.3, 0.4) is 0 Å². The molecule has 0 heterocycles. The number of alkyl halides is 3. The Morgan fingerprint density at radius 3 is 2.41 bits per heavy atom. The van der Waals surface area contributed by atoms with E-state index in [9.17, 15) is 17.6 Å². The molecule has 7 heteroatoms. The summed E-state index contributed by atoms with van der Waals surface area (Å²) in [5.74, 6) is -0.396. The van der Waals surface area contributed by atoms with Gasteiger partial charge in [-0.2, -0.15) is 13.2 Å². The lowest BCUT2D eigenvalue weighted by Gasteiger charge is -2.14. The molecule has 0 fully saturated rings. The normalized spacial score (nSPS) is 11.1. The van der Waals surface area contributed by atoms with Crippen molar-refractivity contribution in [3.05, 3.63) is 59.4 Å². The first-order valence-corrected chi connectivity index (χ1v) is 6.68. The van der Waals surface area contributed by atoms with Crippen molar-refractivity contribution in [3.63, 3.8) is 0 Å². The van der Waals surface area contributed by atoms with Crippen molar-refractivity contribution in [2.75, 3.05) is 10.6 Å². The number of benzene rings is 2. The molecule has 0 atom stereocenters. The Kier molecular flexibility index (Phi) is 4.65. The summed E-state index contributed by atoms with van der Waals surface area (Å²) < 4.78 is 51.3. The van der Waals surface area contributed by atoms with Gasteiger partial charge in [0.05, 0.1) is 5.56 Å². The van der Waals surface area contributed by atoms with Gasteiger partial charge in [-0.3, -0.25) is 0 Å². The van der Waals surface area contributed by atoms with Crippen LogP contribution in [-0.4, -0.2) is 5.11 Å². The summed E-state index contributed by atoms with van der Waals surface area (Å²) in [5.41, 5.74) is 0.240. The third kappa shape index (κ3) is 3.94. The highest BCUT2D eigenvalue weighted by Gasteiger charge is 2.30. The summed E-state index contributed by atoms with van der Waals surface area (Å²) >= 11 is 5.03. The molecule has 0 bridgehead atoms. The molecule has 116 valence electrons. The molecular formula is C15H12F4N2S. The van der Waals surface area contributed by atoms with Gasteiger partial charge in [0, 0.05) is 16.9 Å². The highest BCUT2D eigenvalue weighted by Crippen LogP contribution is 2.30. The Hall–Kier alpha value is -2.15. The summed E-state index contributed by atoms with van der Waals surface area (Å²) in [6, 6.07) is 9.10. The second-order valence-corrected chi connectivity index (χ2v) is 4.98. The Balaban J connectivity index is 2.11. The van der Waals surface area contributed by atoms with Crippen LogP contribution in [0, 0.1) is 12.7 Å². The molecule has 2 aromatic rings. The van der Waals surface area contributed by atoms with Gasteiger partial charge in [0.2, 0.25) is 0 Å². The van der Waals surface area contributed by atoms with E-state index in [0.717, 1.165) is 12.1 Å². The van der Waals surface area contributed by atoms with Crippen LogP contribution < -0.4 is 10.6 Å². The molecule has 0 unspecified atom stereocenters. The summed E-state index contributed by atoms with van der Waals surface area (Å²) in [6.45, 7) is 1.57. The first kappa shape index (κ1) is 16.2. The van der Waals surface area contributed by atoms with Gasteiger partial charge >= 0.3 is 6.18 Å². The number of rotatable bonds is 2. The zero-order valence-corrected chi connectivity index (χ0v) is 12.3. The van der Waals surface area contributed by atoms with Crippen molar-refractivity contribution in [3.8, 4) is 0 Å². The minimum Gasteiger partial charge on any atom is -0.332 e. The van der Waals surface area contributed by atoms with Crippen molar-refractivity contribution in [1.82, 2.24) is 0 Å². The largest absolute Gasteiger partial charge is 0.416 e. The maximum absolute atomic E-state index is 13.4. The van der Waals surface area contributed by atoms with E-state index in [1.165, 1.54) is 24.3 Å². The van der Waals surface area contributed by atoms with E-state index in [-0.39, 0.29) is 10.8 Å². The fourth-order valence-corrected chi connectivity index (χ4v) is 2.03. The average Bonchev–Trinajstić information content (AvgIpc) is 2.43. The number of anilines is 2.